The van der Waals surface area contributed by atoms with Crippen LogP contribution >= 0.6 is 11.6 Å². The molecule has 3 heterocycles. The number of aromatic nitrogens is 4. The Labute approximate surface area is 143 Å². The largest absolute Gasteiger partial charge is 0.508 e. The summed E-state index contributed by atoms with van der Waals surface area (Å²) in [4.78, 5) is 8.54. The van der Waals surface area contributed by atoms with E-state index in [0.29, 0.717) is 11.4 Å². The third-order valence-electron chi connectivity index (χ3n) is 3.75. The molecular weight excluding hydrogens is 324 g/mol. The van der Waals surface area contributed by atoms with Gasteiger partial charge in [-0.1, -0.05) is 11.6 Å². The lowest BCUT2D eigenvalue weighted by Gasteiger charge is -2.05. The van der Waals surface area contributed by atoms with Crippen molar-refractivity contribution in [1.82, 2.24) is 19.6 Å². The standard InChI is InChI=1S/C18H13ClN4O/c19-16-3-2-14(24)10-15(16)13-1-4-18-21-17(22-23(18)11-13)9-12-5-7-20-8-6-12/h1-8,10-11,24H,9H2. The normalized spacial score (nSPS) is 11.0. The van der Waals surface area contributed by atoms with Gasteiger partial charge in [0.2, 0.25) is 0 Å². The minimum atomic E-state index is 0.173. The van der Waals surface area contributed by atoms with Crippen LogP contribution in [-0.4, -0.2) is 24.7 Å². The van der Waals surface area contributed by atoms with Gasteiger partial charge in [-0.15, -0.1) is 0 Å². The number of aromatic hydroxyl groups is 1. The van der Waals surface area contributed by atoms with Crippen LogP contribution in [0.2, 0.25) is 5.02 Å². The van der Waals surface area contributed by atoms with Crippen molar-refractivity contribution in [2.75, 3.05) is 0 Å². The van der Waals surface area contributed by atoms with Crippen LogP contribution < -0.4 is 0 Å². The van der Waals surface area contributed by atoms with Gasteiger partial charge < -0.3 is 5.11 Å². The molecule has 4 aromatic rings. The van der Waals surface area contributed by atoms with Gasteiger partial charge in [0.25, 0.3) is 0 Å². The van der Waals surface area contributed by atoms with E-state index in [4.69, 9.17) is 11.6 Å². The number of halogens is 1. The molecule has 0 amide bonds. The number of rotatable bonds is 3. The molecule has 1 N–H and O–H groups in total. The molecule has 0 saturated heterocycles. The first-order chi connectivity index (χ1) is 11.7. The predicted octanol–water partition coefficient (Wildman–Crippen LogP) is 3.74. The van der Waals surface area contributed by atoms with E-state index in [9.17, 15) is 5.11 Å². The lowest BCUT2D eigenvalue weighted by atomic mass is 10.1. The summed E-state index contributed by atoms with van der Waals surface area (Å²) in [6.07, 6.45) is 6.02. The van der Waals surface area contributed by atoms with E-state index >= 15 is 0 Å². The molecule has 0 radical (unpaired) electrons. The highest BCUT2D eigenvalue weighted by atomic mass is 35.5. The summed E-state index contributed by atoms with van der Waals surface area (Å²) in [6.45, 7) is 0. The van der Waals surface area contributed by atoms with Crippen LogP contribution in [0.3, 0.4) is 0 Å². The van der Waals surface area contributed by atoms with Crippen molar-refractivity contribution in [3.63, 3.8) is 0 Å². The lowest BCUT2D eigenvalue weighted by Crippen LogP contribution is -1.92. The topological polar surface area (TPSA) is 63.3 Å². The molecule has 0 unspecified atom stereocenters. The van der Waals surface area contributed by atoms with Crippen molar-refractivity contribution >= 4 is 17.2 Å². The van der Waals surface area contributed by atoms with Crippen molar-refractivity contribution < 1.29 is 5.11 Å². The number of nitrogens with zero attached hydrogens (tertiary/aromatic N) is 4. The number of pyridine rings is 2. The molecule has 0 aliphatic heterocycles. The summed E-state index contributed by atoms with van der Waals surface area (Å²) >= 11 is 6.23. The van der Waals surface area contributed by atoms with E-state index in [-0.39, 0.29) is 5.75 Å². The molecule has 0 bridgehead atoms. The number of phenolic OH excluding ortho intramolecular Hbond substituents is 1. The predicted molar refractivity (Wildman–Crippen MR) is 92.1 cm³/mol. The molecule has 24 heavy (non-hydrogen) atoms. The Kier molecular flexibility index (Phi) is 3.63. The Balaban J connectivity index is 1.72. The second-order valence-corrected chi connectivity index (χ2v) is 5.85. The van der Waals surface area contributed by atoms with E-state index in [1.165, 1.54) is 0 Å². The number of fused-ring (bicyclic) bond motifs is 1. The van der Waals surface area contributed by atoms with Gasteiger partial charge in [0, 0.05) is 41.2 Å². The minimum Gasteiger partial charge on any atom is -0.508 e. The van der Waals surface area contributed by atoms with Crippen molar-refractivity contribution in [2.45, 2.75) is 6.42 Å². The smallest absolute Gasteiger partial charge is 0.156 e. The van der Waals surface area contributed by atoms with E-state index in [1.54, 1.807) is 35.1 Å². The maximum atomic E-state index is 9.68. The molecule has 0 atom stereocenters. The van der Waals surface area contributed by atoms with E-state index in [2.05, 4.69) is 15.1 Å². The Hall–Kier alpha value is -2.92. The Morgan fingerprint density at radius 1 is 1.04 bits per heavy atom. The number of hydrogen-bond acceptors (Lipinski definition) is 4. The van der Waals surface area contributed by atoms with Crippen molar-refractivity contribution in [2.24, 2.45) is 0 Å². The Morgan fingerprint density at radius 3 is 2.71 bits per heavy atom. The zero-order valence-electron chi connectivity index (χ0n) is 12.6. The highest BCUT2D eigenvalue weighted by Crippen LogP contribution is 2.31. The van der Waals surface area contributed by atoms with Gasteiger partial charge in [0.1, 0.15) is 5.75 Å². The number of hydrogen-bond donors (Lipinski definition) is 1. The van der Waals surface area contributed by atoms with Crippen LogP contribution in [0.15, 0.2) is 61.1 Å². The molecular formula is C18H13ClN4O. The van der Waals surface area contributed by atoms with Gasteiger partial charge in [-0.3, -0.25) is 4.98 Å². The fourth-order valence-electron chi connectivity index (χ4n) is 2.58. The van der Waals surface area contributed by atoms with Gasteiger partial charge >= 0.3 is 0 Å². The Bertz CT molecular complexity index is 1010. The maximum absolute atomic E-state index is 9.68. The molecule has 118 valence electrons. The molecule has 3 aromatic heterocycles. The SMILES string of the molecule is Oc1ccc(Cl)c(-c2ccc3nc(Cc4ccncc4)nn3c2)c1. The maximum Gasteiger partial charge on any atom is 0.156 e. The molecule has 0 saturated carbocycles. The van der Waals surface area contributed by atoms with Crippen molar-refractivity contribution in [3.05, 3.63) is 77.5 Å². The van der Waals surface area contributed by atoms with Crippen molar-refractivity contribution in [3.8, 4) is 16.9 Å². The summed E-state index contributed by atoms with van der Waals surface area (Å²) in [5.74, 6) is 0.909. The second kappa shape index (κ2) is 5.94. The third-order valence-corrected chi connectivity index (χ3v) is 4.08. The van der Waals surface area contributed by atoms with Crippen LogP contribution in [0, 0.1) is 0 Å². The molecule has 0 spiro atoms. The fourth-order valence-corrected chi connectivity index (χ4v) is 2.81. The third kappa shape index (κ3) is 2.81. The number of phenols is 1. The van der Waals surface area contributed by atoms with Gasteiger partial charge in [-0.25, -0.2) is 9.50 Å². The lowest BCUT2D eigenvalue weighted by molar-refractivity contribution is 0.475. The summed E-state index contributed by atoms with van der Waals surface area (Å²) in [5, 5.41) is 14.8. The van der Waals surface area contributed by atoms with E-state index in [1.807, 2.05) is 30.5 Å². The average Bonchev–Trinajstić information content (AvgIpc) is 2.99. The monoisotopic (exact) mass is 336 g/mol. The van der Waals surface area contributed by atoms with Gasteiger partial charge in [-0.05, 0) is 48.0 Å². The first-order valence-corrected chi connectivity index (χ1v) is 7.80. The van der Waals surface area contributed by atoms with Gasteiger partial charge in [0.05, 0.1) is 0 Å². The van der Waals surface area contributed by atoms with Crippen molar-refractivity contribution in [1.29, 1.82) is 0 Å². The van der Waals surface area contributed by atoms with Gasteiger partial charge in [0.15, 0.2) is 11.5 Å². The first kappa shape index (κ1) is 14.7. The summed E-state index contributed by atoms with van der Waals surface area (Å²) in [7, 11) is 0. The molecule has 0 fully saturated rings. The minimum absolute atomic E-state index is 0.173. The van der Waals surface area contributed by atoms with Crippen LogP contribution in [0.5, 0.6) is 5.75 Å². The fraction of sp³-hybridized carbons (Fsp3) is 0.0556. The second-order valence-electron chi connectivity index (χ2n) is 5.44. The molecule has 0 aliphatic carbocycles. The average molecular weight is 337 g/mol. The molecule has 6 heteroatoms. The van der Waals surface area contributed by atoms with E-state index < -0.39 is 0 Å². The summed E-state index contributed by atoms with van der Waals surface area (Å²) in [5.41, 5.74) is 3.49. The van der Waals surface area contributed by atoms with E-state index in [0.717, 1.165) is 28.2 Å². The molecule has 5 nitrogen and oxygen atoms in total. The van der Waals surface area contributed by atoms with Crippen LogP contribution in [0.1, 0.15) is 11.4 Å². The molecule has 4 rings (SSSR count). The molecule has 0 aliphatic rings. The zero-order valence-corrected chi connectivity index (χ0v) is 13.4. The highest BCUT2D eigenvalue weighted by molar-refractivity contribution is 6.33. The van der Waals surface area contributed by atoms with Crippen LogP contribution in [0.4, 0.5) is 0 Å². The van der Waals surface area contributed by atoms with Crippen LogP contribution in [-0.2, 0) is 6.42 Å². The van der Waals surface area contributed by atoms with Crippen LogP contribution in [0.25, 0.3) is 16.8 Å². The zero-order chi connectivity index (χ0) is 16.5. The number of benzene rings is 1. The van der Waals surface area contributed by atoms with Gasteiger partial charge in [-0.2, -0.15) is 5.10 Å². The highest BCUT2D eigenvalue weighted by Gasteiger charge is 2.09. The quantitative estimate of drug-likeness (QED) is 0.619. The summed E-state index contributed by atoms with van der Waals surface area (Å²) in [6, 6.07) is 12.6. The Morgan fingerprint density at radius 2 is 1.88 bits per heavy atom. The summed E-state index contributed by atoms with van der Waals surface area (Å²) < 4.78 is 1.73. The first-order valence-electron chi connectivity index (χ1n) is 7.42. The molecule has 1 aromatic carbocycles.